The van der Waals surface area contributed by atoms with E-state index in [0.717, 1.165) is 5.92 Å². The molecule has 30 heavy (non-hydrogen) atoms. The lowest BCUT2D eigenvalue weighted by molar-refractivity contribution is 0.504. The molecule has 0 nitrogen and oxygen atoms in total. The summed E-state index contributed by atoms with van der Waals surface area (Å²) in [5.74, 6) is 0.898. The SMILES string of the molecule is BrCCCCCCCCCCCBr.CC(C)CCCCCCCCCCCCCBr. The van der Waals surface area contributed by atoms with Gasteiger partial charge >= 0.3 is 0 Å². The Kier molecular flexibility index (Phi) is 36.5. The molecule has 0 N–H and O–H groups in total. The Morgan fingerprint density at radius 2 is 0.533 bits per heavy atom. The van der Waals surface area contributed by atoms with Crippen LogP contribution in [0.3, 0.4) is 0 Å². The second-order valence-electron chi connectivity index (χ2n) is 9.32. The lowest BCUT2D eigenvalue weighted by Gasteiger charge is -2.04. The molecule has 0 saturated heterocycles. The zero-order valence-electron chi connectivity index (χ0n) is 20.7. The topological polar surface area (TPSA) is 0 Å². The number of halogens is 3. The van der Waals surface area contributed by atoms with Crippen molar-refractivity contribution in [3.05, 3.63) is 0 Å². The average molecular weight is 619 g/mol. The van der Waals surface area contributed by atoms with E-state index in [1.807, 2.05) is 0 Å². The van der Waals surface area contributed by atoms with Crippen LogP contribution in [-0.2, 0) is 0 Å². The van der Waals surface area contributed by atoms with Gasteiger partial charge in [0, 0.05) is 16.0 Å². The van der Waals surface area contributed by atoms with E-state index in [1.165, 1.54) is 151 Å². The molecule has 0 atom stereocenters. The van der Waals surface area contributed by atoms with E-state index in [9.17, 15) is 0 Å². The third-order valence-corrected chi connectivity index (χ3v) is 7.36. The average Bonchev–Trinajstić information content (AvgIpc) is 2.74. The summed E-state index contributed by atoms with van der Waals surface area (Å²) in [6, 6.07) is 0. The Bertz CT molecular complexity index is 259. The van der Waals surface area contributed by atoms with Crippen LogP contribution in [0.4, 0.5) is 0 Å². The lowest BCUT2D eigenvalue weighted by Crippen LogP contribution is -1.87. The van der Waals surface area contributed by atoms with E-state index in [4.69, 9.17) is 0 Å². The van der Waals surface area contributed by atoms with E-state index in [0.29, 0.717) is 0 Å². The van der Waals surface area contributed by atoms with Gasteiger partial charge in [0.05, 0.1) is 0 Å². The number of rotatable bonds is 23. The normalized spacial score (nSPS) is 11.0. The summed E-state index contributed by atoms with van der Waals surface area (Å²) >= 11 is 10.4. The van der Waals surface area contributed by atoms with Gasteiger partial charge in [0.1, 0.15) is 0 Å². The van der Waals surface area contributed by atoms with Gasteiger partial charge in [0.15, 0.2) is 0 Å². The summed E-state index contributed by atoms with van der Waals surface area (Å²) in [7, 11) is 0. The number of alkyl halides is 3. The van der Waals surface area contributed by atoms with Gasteiger partial charge in [-0.05, 0) is 25.2 Å². The highest BCUT2D eigenvalue weighted by molar-refractivity contribution is 9.09. The zero-order valence-corrected chi connectivity index (χ0v) is 25.4. The predicted molar refractivity (Wildman–Crippen MR) is 153 cm³/mol. The quantitative estimate of drug-likeness (QED) is 0.0789. The van der Waals surface area contributed by atoms with Crippen molar-refractivity contribution in [2.45, 2.75) is 149 Å². The fraction of sp³-hybridized carbons (Fsp3) is 1.00. The largest absolute Gasteiger partial charge is 0.0928 e. The van der Waals surface area contributed by atoms with Crippen LogP contribution in [0.25, 0.3) is 0 Å². The fourth-order valence-corrected chi connectivity index (χ4v) is 4.85. The molecule has 0 aromatic rings. The zero-order chi connectivity index (χ0) is 22.5. The third kappa shape index (κ3) is 36.8. The van der Waals surface area contributed by atoms with Crippen molar-refractivity contribution >= 4 is 47.8 Å². The van der Waals surface area contributed by atoms with Gasteiger partial charge in [-0.25, -0.2) is 0 Å². The molecular formula is C27H55Br3. The molecule has 0 aliphatic carbocycles. The summed E-state index contributed by atoms with van der Waals surface area (Å²) in [6.45, 7) is 4.66. The molecule has 0 unspecified atom stereocenters. The number of hydrogen-bond donors (Lipinski definition) is 0. The van der Waals surface area contributed by atoms with Crippen LogP contribution in [-0.4, -0.2) is 16.0 Å². The Balaban J connectivity index is 0. The van der Waals surface area contributed by atoms with Crippen molar-refractivity contribution < 1.29 is 0 Å². The molecule has 0 spiro atoms. The van der Waals surface area contributed by atoms with Crippen LogP contribution >= 0.6 is 47.8 Å². The molecule has 0 aromatic heterocycles. The minimum absolute atomic E-state index is 0.898. The van der Waals surface area contributed by atoms with Gasteiger partial charge in [-0.1, -0.05) is 177 Å². The molecule has 0 rings (SSSR count). The molecular weight excluding hydrogens is 564 g/mol. The van der Waals surface area contributed by atoms with E-state index in [1.54, 1.807) is 0 Å². The van der Waals surface area contributed by atoms with Gasteiger partial charge in [0.2, 0.25) is 0 Å². The van der Waals surface area contributed by atoms with Gasteiger partial charge in [0.25, 0.3) is 0 Å². The maximum atomic E-state index is 3.48. The van der Waals surface area contributed by atoms with Crippen molar-refractivity contribution in [3.8, 4) is 0 Å². The van der Waals surface area contributed by atoms with Gasteiger partial charge in [-0.3, -0.25) is 0 Å². The van der Waals surface area contributed by atoms with Crippen LogP contribution in [0.5, 0.6) is 0 Å². The molecule has 0 aromatic carbocycles. The molecule has 0 heterocycles. The summed E-state index contributed by atoms with van der Waals surface area (Å²) in [5, 5.41) is 3.54. The molecule has 184 valence electrons. The Morgan fingerprint density at radius 3 is 0.733 bits per heavy atom. The summed E-state index contributed by atoms with van der Waals surface area (Å²) in [6.07, 6.45) is 30.1. The molecule has 0 amide bonds. The standard InChI is InChI=1S/C16H33Br.C11H22Br2/c1-16(2)14-12-10-8-6-4-3-5-7-9-11-13-15-17;12-10-8-6-4-2-1-3-5-7-9-11-13/h16H,3-15H2,1-2H3;1-11H2. The minimum Gasteiger partial charge on any atom is -0.0928 e. The van der Waals surface area contributed by atoms with Crippen molar-refractivity contribution in [2.24, 2.45) is 5.92 Å². The molecule has 0 aliphatic heterocycles. The second-order valence-corrected chi connectivity index (χ2v) is 11.7. The summed E-state index contributed by atoms with van der Waals surface area (Å²) in [4.78, 5) is 0. The fourth-order valence-electron chi connectivity index (χ4n) is 3.66. The molecule has 3 heteroatoms. The highest BCUT2D eigenvalue weighted by Crippen LogP contribution is 2.14. The van der Waals surface area contributed by atoms with Crippen LogP contribution in [0.2, 0.25) is 0 Å². The Hall–Kier alpha value is 1.44. The van der Waals surface area contributed by atoms with Crippen LogP contribution in [0.1, 0.15) is 149 Å². The molecule has 0 aliphatic rings. The van der Waals surface area contributed by atoms with Gasteiger partial charge < -0.3 is 0 Å². The smallest absolute Gasteiger partial charge is 0.00313 e. The monoisotopic (exact) mass is 616 g/mol. The Morgan fingerprint density at radius 1 is 0.333 bits per heavy atom. The van der Waals surface area contributed by atoms with E-state index in [-0.39, 0.29) is 0 Å². The first-order valence-electron chi connectivity index (χ1n) is 13.4. The lowest BCUT2D eigenvalue weighted by atomic mass is 10.0. The van der Waals surface area contributed by atoms with E-state index < -0.39 is 0 Å². The first-order valence-corrected chi connectivity index (χ1v) is 16.7. The van der Waals surface area contributed by atoms with E-state index >= 15 is 0 Å². The summed E-state index contributed by atoms with van der Waals surface area (Å²) < 4.78 is 0. The first kappa shape index (κ1) is 33.6. The van der Waals surface area contributed by atoms with Gasteiger partial charge in [-0.15, -0.1) is 0 Å². The van der Waals surface area contributed by atoms with Crippen molar-refractivity contribution in [2.75, 3.05) is 16.0 Å². The van der Waals surface area contributed by atoms with Gasteiger partial charge in [-0.2, -0.15) is 0 Å². The second kappa shape index (κ2) is 32.6. The van der Waals surface area contributed by atoms with Crippen molar-refractivity contribution in [1.29, 1.82) is 0 Å². The highest BCUT2D eigenvalue weighted by atomic mass is 79.9. The highest BCUT2D eigenvalue weighted by Gasteiger charge is 1.95. The van der Waals surface area contributed by atoms with Crippen LogP contribution in [0, 0.1) is 5.92 Å². The third-order valence-electron chi connectivity index (χ3n) is 5.68. The maximum Gasteiger partial charge on any atom is 0.00313 e. The van der Waals surface area contributed by atoms with E-state index in [2.05, 4.69) is 61.6 Å². The molecule has 0 bridgehead atoms. The van der Waals surface area contributed by atoms with Crippen LogP contribution < -0.4 is 0 Å². The molecule has 0 saturated carbocycles. The molecule has 0 fully saturated rings. The predicted octanol–water partition coefficient (Wildman–Crippen LogP) is 12.0. The minimum atomic E-state index is 0.898. The van der Waals surface area contributed by atoms with Crippen LogP contribution in [0.15, 0.2) is 0 Å². The number of unbranched alkanes of at least 4 members (excludes halogenated alkanes) is 18. The Labute approximate surface area is 217 Å². The first-order chi connectivity index (χ1) is 14.7. The van der Waals surface area contributed by atoms with Crippen molar-refractivity contribution in [1.82, 2.24) is 0 Å². The number of hydrogen-bond acceptors (Lipinski definition) is 0. The van der Waals surface area contributed by atoms with Crippen molar-refractivity contribution in [3.63, 3.8) is 0 Å². The molecule has 0 radical (unpaired) electrons. The summed E-state index contributed by atoms with van der Waals surface area (Å²) in [5.41, 5.74) is 0. The maximum absolute atomic E-state index is 3.48.